The highest BCUT2D eigenvalue weighted by molar-refractivity contribution is 5.93. The number of primary amides is 1. The van der Waals surface area contributed by atoms with Crippen LogP contribution < -0.4 is 16.4 Å². The Kier molecular flexibility index (Phi) is 5.28. The minimum Gasteiger partial charge on any atom is -0.478 e. The lowest BCUT2D eigenvalue weighted by Gasteiger charge is -2.11. The fourth-order valence-corrected chi connectivity index (χ4v) is 1.28. The maximum Gasteiger partial charge on any atom is 0.328 e. The molecular weight excluding hydrogens is 262 g/mol. The number of carboxylic acids is 1. The number of urea groups is 1. The summed E-state index contributed by atoms with van der Waals surface area (Å²) in [4.78, 5) is 32.6. The molecule has 0 saturated carbocycles. The van der Waals surface area contributed by atoms with Crippen molar-refractivity contribution in [3.63, 3.8) is 0 Å². The van der Waals surface area contributed by atoms with E-state index in [9.17, 15) is 14.4 Å². The summed E-state index contributed by atoms with van der Waals surface area (Å²) in [6.45, 7) is 1.47. The van der Waals surface area contributed by atoms with Gasteiger partial charge in [0.25, 0.3) is 0 Å². The number of carboxylic acid groups (broad SMARTS) is 1. The fraction of sp³-hybridized carbons (Fsp3) is 0.154. The molecule has 1 aromatic rings. The Labute approximate surface area is 115 Å². The number of anilines is 1. The molecule has 20 heavy (non-hydrogen) atoms. The summed E-state index contributed by atoms with van der Waals surface area (Å²) in [5.41, 5.74) is 6.21. The Morgan fingerprint density at radius 2 is 1.85 bits per heavy atom. The van der Waals surface area contributed by atoms with Crippen LogP contribution in [0.1, 0.15) is 12.5 Å². The second-order valence-electron chi connectivity index (χ2n) is 4.02. The highest BCUT2D eigenvalue weighted by Crippen LogP contribution is 2.10. The van der Waals surface area contributed by atoms with Gasteiger partial charge >= 0.3 is 12.0 Å². The van der Waals surface area contributed by atoms with Crippen molar-refractivity contribution < 1.29 is 19.5 Å². The van der Waals surface area contributed by atoms with Gasteiger partial charge in [-0.05, 0) is 30.7 Å². The summed E-state index contributed by atoms with van der Waals surface area (Å²) in [6, 6.07) is 5.18. The number of benzene rings is 1. The minimum absolute atomic E-state index is 0.506. The van der Waals surface area contributed by atoms with E-state index in [2.05, 4.69) is 10.6 Å². The third-order valence-electron chi connectivity index (χ3n) is 2.36. The van der Waals surface area contributed by atoms with Crippen molar-refractivity contribution >= 4 is 29.7 Å². The zero-order valence-corrected chi connectivity index (χ0v) is 10.8. The standard InChI is InChI=1S/C13H15N3O4/c1-8(12(14)19)15-13(20)16-10-5-2-9(3-6-10)4-7-11(17)18/h2-8H,1H3,(H2,14,19)(H,17,18)(H2,15,16,20)/b7-4+. The summed E-state index contributed by atoms with van der Waals surface area (Å²) < 4.78 is 0. The lowest BCUT2D eigenvalue weighted by Crippen LogP contribution is -2.44. The smallest absolute Gasteiger partial charge is 0.328 e. The summed E-state index contributed by atoms with van der Waals surface area (Å²) in [5.74, 6) is -1.67. The molecule has 0 aliphatic heterocycles. The van der Waals surface area contributed by atoms with Gasteiger partial charge in [0.2, 0.25) is 5.91 Å². The largest absolute Gasteiger partial charge is 0.478 e. The molecule has 5 N–H and O–H groups in total. The molecule has 0 radical (unpaired) electrons. The number of rotatable bonds is 5. The number of nitrogens with one attached hydrogen (secondary N) is 2. The second kappa shape index (κ2) is 6.93. The molecule has 1 atom stereocenters. The SMILES string of the molecule is CC(NC(=O)Nc1ccc(/C=C/C(=O)O)cc1)C(N)=O. The molecule has 1 aromatic carbocycles. The van der Waals surface area contributed by atoms with E-state index in [0.717, 1.165) is 6.08 Å². The Hall–Kier alpha value is -2.83. The average Bonchev–Trinajstić information content (AvgIpc) is 2.37. The van der Waals surface area contributed by atoms with Gasteiger partial charge in [-0.3, -0.25) is 4.79 Å². The van der Waals surface area contributed by atoms with Crippen LogP contribution in [0, 0.1) is 0 Å². The molecule has 1 rings (SSSR count). The number of carbonyl (C=O) groups excluding carboxylic acids is 2. The quantitative estimate of drug-likeness (QED) is 0.594. The lowest BCUT2D eigenvalue weighted by atomic mass is 10.2. The Morgan fingerprint density at radius 1 is 1.25 bits per heavy atom. The molecule has 0 aliphatic rings. The normalized spacial score (nSPS) is 11.8. The Morgan fingerprint density at radius 3 is 2.35 bits per heavy atom. The summed E-state index contributed by atoms with van der Waals surface area (Å²) in [7, 11) is 0. The van der Waals surface area contributed by atoms with Gasteiger partial charge in [-0.1, -0.05) is 12.1 Å². The van der Waals surface area contributed by atoms with Crippen LogP contribution in [0.3, 0.4) is 0 Å². The Balaban J connectivity index is 2.59. The molecule has 7 nitrogen and oxygen atoms in total. The van der Waals surface area contributed by atoms with Crippen LogP contribution in [-0.2, 0) is 9.59 Å². The monoisotopic (exact) mass is 277 g/mol. The van der Waals surface area contributed by atoms with Crippen molar-refractivity contribution in [1.82, 2.24) is 5.32 Å². The van der Waals surface area contributed by atoms with Gasteiger partial charge in [0.05, 0.1) is 0 Å². The van der Waals surface area contributed by atoms with Crippen molar-refractivity contribution in [3.8, 4) is 0 Å². The second-order valence-corrected chi connectivity index (χ2v) is 4.02. The van der Waals surface area contributed by atoms with E-state index in [4.69, 9.17) is 10.8 Å². The van der Waals surface area contributed by atoms with Gasteiger partial charge < -0.3 is 21.5 Å². The van der Waals surface area contributed by atoms with Crippen LogP contribution in [0.25, 0.3) is 6.08 Å². The van der Waals surface area contributed by atoms with Gasteiger partial charge in [-0.2, -0.15) is 0 Å². The first-order valence-electron chi connectivity index (χ1n) is 5.76. The number of hydrogen-bond acceptors (Lipinski definition) is 3. The molecule has 0 aliphatic carbocycles. The van der Waals surface area contributed by atoms with Gasteiger partial charge in [-0.25, -0.2) is 9.59 Å². The molecule has 3 amide bonds. The lowest BCUT2D eigenvalue weighted by molar-refractivity contribution is -0.131. The van der Waals surface area contributed by atoms with Crippen LogP contribution in [0.4, 0.5) is 10.5 Å². The molecule has 0 fully saturated rings. The van der Waals surface area contributed by atoms with Gasteiger partial charge in [0, 0.05) is 11.8 Å². The van der Waals surface area contributed by atoms with Crippen molar-refractivity contribution in [2.75, 3.05) is 5.32 Å². The molecule has 0 aromatic heterocycles. The molecule has 0 spiro atoms. The van der Waals surface area contributed by atoms with Gasteiger partial charge in [-0.15, -0.1) is 0 Å². The maximum atomic E-state index is 11.5. The van der Waals surface area contributed by atoms with E-state index in [1.807, 2.05) is 0 Å². The highest BCUT2D eigenvalue weighted by Gasteiger charge is 2.11. The predicted octanol–water partition coefficient (Wildman–Crippen LogP) is 0.780. The topological polar surface area (TPSA) is 122 Å². The van der Waals surface area contributed by atoms with Crippen LogP contribution in [0.15, 0.2) is 30.3 Å². The van der Waals surface area contributed by atoms with E-state index in [1.165, 1.54) is 13.0 Å². The fourth-order valence-electron chi connectivity index (χ4n) is 1.28. The summed E-state index contributed by atoms with van der Waals surface area (Å²) >= 11 is 0. The van der Waals surface area contributed by atoms with Crippen LogP contribution in [-0.4, -0.2) is 29.1 Å². The molecular formula is C13H15N3O4. The molecule has 0 saturated heterocycles. The first kappa shape index (κ1) is 15.2. The molecule has 106 valence electrons. The van der Waals surface area contributed by atoms with E-state index >= 15 is 0 Å². The average molecular weight is 277 g/mol. The third-order valence-corrected chi connectivity index (χ3v) is 2.36. The number of aliphatic carboxylic acids is 1. The van der Waals surface area contributed by atoms with Crippen LogP contribution in [0.5, 0.6) is 0 Å². The Bertz CT molecular complexity index is 537. The predicted molar refractivity (Wildman–Crippen MR) is 73.9 cm³/mol. The zero-order chi connectivity index (χ0) is 15.1. The van der Waals surface area contributed by atoms with E-state index < -0.39 is 23.9 Å². The molecule has 1 unspecified atom stereocenters. The van der Waals surface area contributed by atoms with Gasteiger partial charge in [0.15, 0.2) is 0 Å². The number of hydrogen-bond donors (Lipinski definition) is 4. The first-order chi connectivity index (χ1) is 9.38. The van der Waals surface area contributed by atoms with Crippen molar-refractivity contribution in [1.29, 1.82) is 0 Å². The molecule has 0 bridgehead atoms. The van der Waals surface area contributed by atoms with E-state index in [0.29, 0.717) is 11.3 Å². The summed E-state index contributed by atoms with van der Waals surface area (Å²) in [5, 5.41) is 13.4. The molecule has 7 heteroatoms. The van der Waals surface area contributed by atoms with Crippen molar-refractivity contribution in [2.45, 2.75) is 13.0 Å². The molecule has 0 heterocycles. The van der Waals surface area contributed by atoms with Gasteiger partial charge in [0.1, 0.15) is 6.04 Å². The first-order valence-corrected chi connectivity index (χ1v) is 5.76. The number of nitrogens with two attached hydrogens (primary N) is 1. The third kappa shape index (κ3) is 5.21. The number of carbonyl (C=O) groups is 3. The van der Waals surface area contributed by atoms with Crippen molar-refractivity contribution in [2.24, 2.45) is 5.73 Å². The van der Waals surface area contributed by atoms with Crippen molar-refractivity contribution in [3.05, 3.63) is 35.9 Å². The minimum atomic E-state index is -1.04. The zero-order valence-electron chi connectivity index (χ0n) is 10.8. The summed E-state index contributed by atoms with van der Waals surface area (Å²) in [6.07, 6.45) is 2.45. The van der Waals surface area contributed by atoms with Crippen LogP contribution in [0.2, 0.25) is 0 Å². The number of amides is 3. The van der Waals surface area contributed by atoms with Crippen LogP contribution >= 0.6 is 0 Å². The van der Waals surface area contributed by atoms with E-state index in [-0.39, 0.29) is 0 Å². The highest BCUT2D eigenvalue weighted by atomic mass is 16.4. The van der Waals surface area contributed by atoms with E-state index in [1.54, 1.807) is 24.3 Å². The maximum absolute atomic E-state index is 11.5.